The first kappa shape index (κ1) is 6.98. The molecular formula is C10H6O2. The van der Waals surface area contributed by atoms with Gasteiger partial charge in [0.05, 0.1) is 5.39 Å². The highest BCUT2D eigenvalue weighted by Gasteiger charge is 2.05. The average molecular weight is 158 g/mol. The highest BCUT2D eigenvalue weighted by atomic mass is 16.3. The van der Waals surface area contributed by atoms with E-state index in [4.69, 9.17) is 0 Å². The summed E-state index contributed by atoms with van der Waals surface area (Å²) in [5, 5.41) is 23.4. The lowest BCUT2D eigenvalue weighted by molar-refractivity contribution is 0.344. The van der Waals surface area contributed by atoms with Crippen molar-refractivity contribution in [3.05, 3.63) is 36.4 Å². The Morgan fingerprint density at radius 2 is 1.25 bits per heavy atom. The molecule has 12 heavy (non-hydrogen) atoms. The number of benzene rings is 2. The summed E-state index contributed by atoms with van der Waals surface area (Å²) in [6.07, 6.45) is 0. The van der Waals surface area contributed by atoms with Gasteiger partial charge in [-0.05, 0) is 17.5 Å². The molecule has 0 aromatic heterocycles. The molecule has 0 fully saturated rings. The van der Waals surface area contributed by atoms with Crippen molar-refractivity contribution in [2.75, 3.05) is 0 Å². The lowest BCUT2D eigenvalue weighted by atomic mass is 10.1. The fourth-order valence-electron chi connectivity index (χ4n) is 1.27. The van der Waals surface area contributed by atoms with Crippen LogP contribution >= 0.6 is 0 Å². The van der Waals surface area contributed by atoms with E-state index in [9.17, 15) is 10.2 Å². The van der Waals surface area contributed by atoms with Gasteiger partial charge in [-0.1, -0.05) is 24.3 Å². The molecule has 0 aliphatic carbocycles. The predicted octanol–water partition coefficient (Wildman–Crippen LogP) is 3.13. The molecule has 2 radical (unpaired) electrons. The molecular weight excluding hydrogens is 152 g/mol. The van der Waals surface area contributed by atoms with E-state index in [1.54, 1.807) is 24.3 Å². The van der Waals surface area contributed by atoms with Crippen LogP contribution in [-0.4, -0.2) is 0 Å². The van der Waals surface area contributed by atoms with Crippen LogP contribution in [0.4, 0.5) is 0 Å². The van der Waals surface area contributed by atoms with Gasteiger partial charge in [0.25, 0.3) is 0 Å². The van der Waals surface area contributed by atoms with Gasteiger partial charge in [-0.25, -0.2) is 0 Å². The maximum atomic E-state index is 11.2. The molecule has 0 spiro atoms. The van der Waals surface area contributed by atoms with Crippen molar-refractivity contribution in [3.63, 3.8) is 0 Å². The SMILES string of the molecule is [O]c1cccc2cccc([O])c12. The number of hydrogen-bond donors (Lipinski definition) is 0. The summed E-state index contributed by atoms with van der Waals surface area (Å²) in [7, 11) is 0. The summed E-state index contributed by atoms with van der Waals surface area (Å²) in [6.45, 7) is 0. The first-order valence-electron chi connectivity index (χ1n) is 3.65. The molecule has 2 nitrogen and oxygen atoms in total. The van der Waals surface area contributed by atoms with Crippen LogP contribution in [0.1, 0.15) is 0 Å². The average Bonchev–Trinajstić information content (AvgIpc) is 2.04. The van der Waals surface area contributed by atoms with E-state index < -0.39 is 0 Å². The fraction of sp³-hybridized carbons (Fsp3) is 0. The Morgan fingerprint density at radius 1 is 0.750 bits per heavy atom. The second kappa shape index (κ2) is 2.41. The molecule has 58 valence electrons. The van der Waals surface area contributed by atoms with E-state index in [1.807, 2.05) is 0 Å². The van der Waals surface area contributed by atoms with Gasteiger partial charge in [0.2, 0.25) is 0 Å². The second-order valence-electron chi connectivity index (χ2n) is 2.61. The van der Waals surface area contributed by atoms with Gasteiger partial charge in [0, 0.05) is 0 Å². The molecule has 2 aromatic rings. The topological polar surface area (TPSA) is 39.8 Å². The third-order valence-electron chi connectivity index (χ3n) is 1.83. The van der Waals surface area contributed by atoms with Crippen LogP contribution in [0, 0.1) is 0 Å². The van der Waals surface area contributed by atoms with E-state index in [1.165, 1.54) is 12.1 Å². The molecule has 0 heterocycles. The molecule has 0 atom stereocenters. The summed E-state index contributed by atoms with van der Waals surface area (Å²) < 4.78 is 0. The highest BCUT2D eigenvalue weighted by Crippen LogP contribution is 2.32. The standard InChI is InChI=1S/C10H6O2/c11-8-5-1-3-7-4-2-6-9(12)10(7)8/h1-6H. The Labute approximate surface area is 69.7 Å². The van der Waals surface area contributed by atoms with Gasteiger partial charge < -0.3 is 0 Å². The fourth-order valence-corrected chi connectivity index (χ4v) is 1.27. The Bertz CT molecular complexity index is 384. The smallest absolute Gasteiger partial charge is 0.190 e. The van der Waals surface area contributed by atoms with Crippen LogP contribution in [0.25, 0.3) is 10.8 Å². The largest absolute Gasteiger partial charge is 0.289 e. The third-order valence-corrected chi connectivity index (χ3v) is 1.83. The summed E-state index contributed by atoms with van der Waals surface area (Å²) in [5.74, 6) is -0.392. The quantitative estimate of drug-likeness (QED) is 0.565. The summed E-state index contributed by atoms with van der Waals surface area (Å²) in [4.78, 5) is 0. The molecule has 0 saturated carbocycles. The van der Waals surface area contributed by atoms with Gasteiger partial charge >= 0.3 is 0 Å². The van der Waals surface area contributed by atoms with Gasteiger partial charge in [-0.15, -0.1) is 0 Å². The van der Waals surface area contributed by atoms with E-state index in [0.29, 0.717) is 5.39 Å². The van der Waals surface area contributed by atoms with Crippen molar-refractivity contribution in [2.45, 2.75) is 0 Å². The van der Waals surface area contributed by atoms with Crippen molar-refractivity contribution >= 4 is 10.8 Å². The minimum Gasteiger partial charge on any atom is -0.289 e. The minimum absolute atomic E-state index is 0.196. The first-order valence-corrected chi connectivity index (χ1v) is 3.65. The molecule has 0 bridgehead atoms. The zero-order valence-electron chi connectivity index (χ0n) is 6.28. The molecule has 2 heteroatoms. The molecule has 0 amide bonds. The maximum absolute atomic E-state index is 11.2. The molecule has 0 aliphatic rings. The Morgan fingerprint density at radius 3 is 1.67 bits per heavy atom. The minimum atomic E-state index is -0.196. The molecule has 0 aliphatic heterocycles. The summed E-state index contributed by atoms with van der Waals surface area (Å²) in [5.41, 5.74) is 0. The van der Waals surface area contributed by atoms with Gasteiger partial charge in [0.15, 0.2) is 11.5 Å². The lowest BCUT2D eigenvalue weighted by Gasteiger charge is -1.97. The lowest BCUT2D eigenvalue weighted by Crippen LogP contribution is -1.72. The van der Waals surface area contributed by atoms with Crippen molar-refractivity contribution in [3.8, 4) is 11.5 Å². The first-order chi connectivity index (χ1) is 5.79. The van der Waals surface area contributed by atoms with Crippen molar-refractivity contribution < 1.29 is 10.2 Å². The van der Waals surface area contributed by atoms with E-state index in [-0.39, 0.29) is 11.5 Å². The van der Waals surface area contributed by atoms with Crippen molar-refractivity contribution in [1.29, 1.82) is 0 Å². The van der Waals surface area contributed by atoms with E-state index in [2.05, 4.69) is 0 Å². The van der Waals surface area contributed by atoms with Crippen LogP contribution in [0.5, 0.6) is 11.5 Å². The molecule has 0 N–H and O–H groups in total. The summed E-state index contributed by atoms with van der Waals surface area (Å²) in [6, 6.07) is 9.65. The zero-order valence-corrected chi connectivity index (χ0v) is 6.28. The van der Waals surface area contributed by atoms with Crippen molar-refractivity contribution in [1.82, 2.24) is 0 Å². The van der Waals surface area contributed by atoms with Crippen molar-refractivity contribution in [2.24, 2.45) is 0 Å². The van der Waals surface area contributed by atoms with Crippen LogP contribution in [0.3, 0.4) is 0 Å². The molecule has 0 saturated heterocycles. The zero-order chi connectivity index (χ0) is 8.55. The predicted molar refractivity (Wildman–Crippen MR) is 44.2 cm³/mol. The Hall–Kier alpha value is -1.70. The Balaban J connectivity index is 2.96. The monoisotopic (exact) mass is 158 g/mol. The third kappa shape index (κ3) is 0.889. The van der Waals surface area contributed by atoms with Crippen LogP contribution in [0.2, 0.25) is 0 Å². The molecule has 0 unspecified atom stereocenters. The van der Waals surface area contributed by atoms with Gasteiger partial charge in [-0.2, -0.15) is 0 Å². The highest BCUT2D eigenvalue weighted by molar-refractivity contribution is 5.92. The maximum Gasteiger partial charge on any atom is 0.190 e. The van der Waals surface area contributed by atoms with Gasteiger partial charge in [-0.3, -0.25) is 10.2 Å². The van der Waals surface area contributed by atoms with Crippen LogP contribution in [0.15, 0.2) is 36.4 Å². The summed E-state index contributed by atoms with van der Waals surface area (Å²) >= 11 is 0. The van der Waals surface area contributed by atoms with E-state index >= 15 is 0 Å². The number of rotatable bonds is 0. The normalized spacial score (nSPS) is 10.3. The van der Waals surface area contributed by atoms with Crippen LogP contribution in [-0.2, 0) is 10.2 Å². The van der Waals surface area contributed by atoms with E-state index in [0.717, 1.165) is 5.39 Å². The number of fused-ring (bicyclic) bond motifs is 1. The van der Waals surface area contributed by atoms with Gasteiger partial charge in [0.1, 0.15) is 0 Å². The Kier molecular flexibility index (Phi) is 1.40. The second-order valence-corrected chi connectivity index (χ2v) is 2.61. The van der Waals surface area contributed by atoms with Crippen LogP contribution < -0.4 is 0 Å². The molecule has 2 rings (SSSR count). The molecule has 2 aromatic carbocycles. The number of hydrogen-bond acceptors (Lipinski definition) is 0.